The van der Waals surface area contributed by atoms with Crippen LogP contribution in [0.4, 0.5) is 5.95 Å². The van der Waals surface area contributed by atoms with Crippen LogP contribution < -0.4 is 11.5 Å². The third kappa shape index (κ3) is 2.80. The summed E-state index contributed by atoms with van der Waals surface area (Å²) in [5.41, 5.74) is 13.9. The number of benzene rings is 2. The smallest absolute Gasteiger partial charge is 0.256 e. The highest BCUT2D eigenvalue weighted by atomic mass is 15.4. The highest BCUT2D eigenvalue weighted by molar-refractivity contribution is 5.78. The molecule has 4 N–H and O–H groups in total. The lowest BCUT2D eigenvalue weighted by atomic mass is 10.1. The fourth-order valence-corrected chi connectivity index (χ4v) is 2.06. The third-order valence-corrected chi connectivity index (χ3v) is 3.13. The molecule has 3 aromatic rings. The van der Waals surface area contributed by atoms with E-state index in [0.717, 1.165) is 11.3 Å². The van der Waals surface area contributed by atoms with Gasteiger partial charge in [-0.3, -0.25) is 0 Å². The number of rotatable bonds is 3. The maximum Gasteiger partial charge on any atom is 0.256 e. The summed E-state index contributed by atoms with van der Waals surface area (Å²) >= 11 is 0. The Hall–Kier alpha value is -3.15. The van der Waals surface area contributed by atoms with Gasteiger partial charge in [-0.2, -0.15) is 14.7 Å². The fourth-order valence-electron chi connectivity index (χ4n) is 2.06. The van der Waals surface area contributed by atoms with Crippen molar-refractivity contribution in [1.29, 1.82) is 0 Å². The van der Waals surface area contributed by atoms with E-state index in [1.54, 1.807) is 4.68 Å². The predicted octanol–water partition coefficient (Wildman–Crippen LogP) is 2.15. The van der Waals surface area contributed by atoms with Crippen molar-refractivity contribution >= 4 is 11.9 Å². The first-order valence-corrected chi connectivity index (χ1v) is 6.82. The number of aliphatic imine (C=N–C) groups is 1. The average Bonchev–Trinajstić information content (AvgIpc) is 2.92. The van der Waals surface area contributed by atoms with Crippen molar-refractivity contribution in [2.24, 2.45) is 16.5 Å². The lowest BCUT2D eigenvalue weighted by molar-refractivity contribution is 0.881. The summed E-state index contributed by atoms with van der Waals surface area (Å²) in [6, 6.07) is 17.6. The minimum absolute atomic E-state index is 0.0555. The number of aromatic nitrogens is 3. The molecule has 0 amide bonds. The second-order valence-corrected chi connectivity index (χ2v) is 4.89. The molecule has 0 radical (unpaired) electrons. The second kappa shape index (κ2) is 5.69. The van der Waals surface area contributed by atoms with Crippen molar-refractivity contribution < 1.29 is 0 Å². The van der Waals surface area contributed by atoms with Crippen LogP contribution in [0.2, 0.25) is 0 Å². The van der Waals surface area contributed by atoms with Crippen LogP contribution >= 0.6 is 0 Å². The second-order valence-electron chi connectivity index (χ2n) is 4.89. The van der Waals surface area contributed by atoms with E-state index in [2.05, 4.69) is 15.1 Å². The van der Waals surface area contributed by atoms with Gasteiger partial charge < -0.3 is 11.5 Å². The zero-order valence-corrected chi connectivity index (χ0v) is 12.1. The standard InChI is InChI=1S/C16H16N6/c1-11-7-9-12(10-8-11)14-19-16(20-15(17)18)22(21-14)13-5-3-2-4-6-13/h2-10H,1H3,(H4,17,18,19,20,21). The van der Waals surface area contributed by atoms with Crippen LogP contribution in [0, 0.1) is 6.92 Å². The lowest BCUT2D eigenvalue weighted by Gasteiger charge is -2.01. The molecule has 3 rings (SSSR count). The first kappa shape index (κ1) is 13.8. The molecule has 0 unspecified atom stereocenters. The van der Waals surface area contributed by atoms with Gasteiger partial charge in [0.2, 0.25) is 0 Å². The largest absolute Gasteiger partial charge is 0.370 e. The number of para-hydroxylation sites is 1. The summed E-state index contributed by atoms with van der Waals surface area (Å²) in [5, 5.41) is 4.52. The minimum atomic E-state index is -0.0555. The Morgan fingerprint density at radius 3 is 2.32 bits per heavy atom. The Morgan fingerprint density at radius 2 is 1.68 bits per heavy atom. The molecule has 0 saturated carbocycles. The summed E-state index contributed by atoms with van der Waals surface area (Å²) < 4.78 is 1.62. The van der Waals surface area contributed by atoms with Gasteiger partial charge in [-0.25, -0.2) is 0 Å². The molecular formula is C16H16N6. The molecule has 0 spiro atoms. The van der Waals surface area contributed by atoms with Crippen molar-refractivity contribution in [3.63, 3.8) is 0 Å². The number of hydrogen-bond acceptors (Lipinski definition) is 3. The molecular weight excluding hydrogens is 276 g/mol. The van der Waals surface area contributed by atoms with Crippen molar-refractivity contribution in [1.82, 2.24) is 14.8 Å². The molecule has 0 aliphatic heterocycles. The summed E-state index contributed by atoms with van der Waals surface area (Å²) in [4.78, 5) is 8.49. The Bertz CT molecular complexity index is 798. The van der Waals surface area contributed by atoms with Gasteiger partial charge in [0.15, 0.2) is 11.8 Å². The Morgan fingerprint density at radius 1 is 1.00 bits per heavy atom. The molecule has 22 heavy (non-hydrogen) atoms. The Labute approximate surface area is 128 Å². The van der Waals surface area contributed by atoms with Crippen molar-refractivity contribution in [3.05, 3.63) is 60.2 Å². The zero-order chi connectivity index (χ0) is 15.5. The molecule has 110 valence electrons. The highest BCUT2D eigenvalue weighted by Gasteiger charge is 2.12. The molecule has 0 aliphatic carbocycles. The SMILES string of the molecule is Cc1ccc(-c2nc(N=C(N)N)n(-c3ccccc3)n2)cc1. The zero-order valence-electron chi connectivity index (χ0n) is 12.1. The Kier molecular flexibility index (Phi) is 3.57. The van der Waals surface area contributed by atoms with Crippen LogP contribution in [0.3, 0.4) is 0 Å². The van der Waals surface area contributed by atoms with Crippen LogP contribution in [-0.2, 0) is 0 Å². The molecule has 1 aromatic heterocycles. The molecule has 2 aromatic carbocycles. The number of nitrogens with zero attached hydrogens (tertiary/aromatic N) is 4. The van der Waals surface area contributed by atoms with Crippen LogP contribution in [0.25, 0.3) is 17.1 Å². The quantitative estimate of drug-likeness (QED) is 0.571. The molecule has 0 aliphatic rings. The van der Waals surface area contributed by atoms with Gasteiger partial charge in [0, 0.05) is 5.56 Å². The van der Waals surface area contributed by atoms with Gasteiger partial charge in [-0.15, -0.1) is 5.10 Å². The topological polar surface area (TPSA) is 95.1 Å². The maximum absolute atomic E-state index is 5.49. The van der Waals surface area contributed by atoms with Gasteiger partial charge in [-0.1, -0.05) is 48.0 Å². The lowest BCUT2D eigenvalue weighted by Crippen LogP contribution is -2.22. The highest BCUT2D eigenvalue weighted by Crippen LogP contribution is 2.22. The number of aryl methyl sites for hydroxylation is 1. The first-order chi connectivity index (χ1) is 10.6. The predicted molar refractivity (Wildman–Crippen MR) is 87.0 cm³/mol. The molecule has 0 saturated heterocycles. The van der Waals surface area contributed by atoms with Gasteiger partial charge in [0.05, 0.1) is 5.69 Å². The number of guanidine groups is 1. The molecule has 6 heteroatoms. The van der Waals surface area contributed by atoms with Crippen LogP contribution in [0.15, 0.2) is 59.6 Å². The van der Waals surface area contributed by atoms with Crippen molar-refractivity contribution in [2.45, 2.75) is 6.92 Å². The van der Waals surface area contributed by atoms with Gasteiger partial charge >= 0.3 is 0 Å². The van der Waals surface area contributed by atoms with E-state index in [4.69, 9.17) is 11.5 Å². The monoisotopic (exact) mass is 292 g/mol. The van der Waals surface area contributed by atoms with Gasteiger partial charge in [-0.05, 0) is 19.1 Å². The Balaban J connectivity index is 2.13. The number of hydrogen-bond donors (Lipinski definition) is 2. The first-order valence-electron chi connectivity index (χ1n) is 6.82. The van der Waals surface area contributed by atoms with E-state index in [9.17, 15) is 0 Å². The summed E-state index contributed by atoms with van der Waals surface area (Å²) in [5.74, 6) is 0.866. The average molecular weight is 292 g/mol. The minimum Gasteiger partial charge on any atom is -0.370 e. The van der Waals surface area contributed by atoms with E-state index >= 15 is 0 Å². The van der Waals surface area contributed by atoms with Crippen LogP contribution in [0.1, 0.15) is 5.56 Å². The van der Waals surface area contributed by atoms with Crippen LogP contribution in [0.5, 0.6) is 0 Å². The summed E-state index contributed by atoms with van der Waals surface area (Å²) in [7, 11) is 0. The normalized spacial score (nSPS) is 10.4. The molecule has 0 atom stereocenters. The molecule has 1 heterocycles. The molecule has 0 fully saturated rings. The summed E-state index contributed by atoms with van der Waals surface area (Å²) in [6.07, 6.45) is 0. The molecule has 6 nitrogen and oxygen atoms in total. The summed E-state index contributed by atoms with van der Waals surface area (Å²) in [6.45, 7) is 2.03. The number of nitrogens with two attached hydrogens (primary N) is 2. The third-order valence-electron chi connectivity index (χ3n) is 3.13. The van der Waals surface area contributed by atoms with Crippen LogP contribution in [-0.4, -0.2) is 20.7 Å². The van der Waals surface area contributed by atoms with Crippen molar-refractivity contribution in [3.8, 4) is 17.1 Å². The van der Waals surface area contributed by atoms with E-state index in [0.29, 0.717) is 11.8 Å². The van der Waals surface area contributed by atoms with Gasteiger partial charge in [0.1, 0.15) is 0 Å². The van der Waals surface area contributed by atoms with E-state index < -0.39 is 0 Å². The van der Waals surface area contributed by atoms with E-state index in [1.165, 1.54) is 5.56 Å². The fraction of sp³-hybridized carbons (Fsp3) is 0.0625. The van der Waals surface area contributed by atoms with E-state index in [-0.39, 0.29) is 5.96 Å². The maximum atomic E-state index is 5.49. The van der Waals surface area contributed by atoms with E-state index in [1.807, 2.05) is 61.5 Å². The molecule has 0 bridgehead atoms. The van der Waals surface area contributed by atoms with Gasteiger partial charge in [0.25, 0.3) is 5.95 Å². The van der Waals surface area contributed by atoms with Crippen molar-refractivity contribution in [2.75, 3.05) is 0 Å².